The van der Waals surface area contributed by atoms with Crippen LogP contribution in [-0.4, -0.2) is 0 Å². The predicted octanol–water partition coefficient (Wildman–Crippen LogP) is 4.48. The van der Waals surface area contributed by atoms with Gasteiger partial charge < -0.3 is 0 Å². The van der Waals surface area contributed by atoms with Crippen LogP contribution >= 0.6 is 0 Å². The van der Waals surface area contributed by atoms with Gasteiger partial charge in [-0.05, 0) is 31.8 Å². The van der Waals surface area contributed by atoms with Crippen molar-refractivity contribution in [2.45, 2.75) is 52.9 Å². The normalized spacial score (nSPS) is 12.6. The highest BCUT2D eigenvalue weighted by atomic mass is 14.0. The third-order valence-electron chi connectivity index (χ3n) is 2.22. The fourth-order valence-electron chi connectivity index (χ4n) is 1.39. The smallest absolute Gasteiger partial charge is 0.0280 e. The molecule has 0 aliphatic carbocycles. The van der Waals surface area contributed by atoms with E-state index in [0.29, 0.717) is 0 Å². The highest BCUT2D eigenvalue weighted by Crippen LogP contribution is 2.17. The Morgan fingerprint density at radius 1 is 1.17 bits per heavy atom. The van der Waals surface area contributed by atoms with Crippen molar-refractivity contribution in [3.8, 4) is 0 Å². The fourth-order valence-corrected chi connectivity index (χ4v) is 1.39. The number of unbranched alkanes of at least 4 members (excludes halogenated alkanes) is 1. The molecule has 0 aromatic carbocycles. The van der Waals surface area contributed by atoms with Gasteiger partial charge in [0, 0.05) is 0 Å². The monoisotopic (exact) mass is 166 g/mol. The van der Waals surface area contributed by atoms with Crippen molar-refractivity contribution in [2.75, 3.05) is 0 Å². The quantitative estimate of drug-likeness (QED) is 0.510. The number of hydrogen-bond donors (Lipinski definition) is 0. The van der Waals surface area contributed by atoms with Crippen LogP contribution in [-0.2, 0) is 0 Å². The van der Waals surface area contributed by atoms with E-state index in [1.54, 1.807) is 0 Å². The topological polar surface area (TPSA) is 0 Å². The van der Waals surface area contributed by atoms with E-state index >= 15 is 0 Å². The van der Waals surface area contributed by atoms with E-state index in [1.165, 1.54) is 43.3 Å². The molecule has 0 nitrogen and oxygen atoms in total. The van der Waals surface area contributed by atoms with Gasteiger partial charge in [-0.2, -0.15) is 0 Å². The average molecular weight is 166 g/mol. The molecule has 0 rings (SSSR count). The van der Waals surface area contributed by atoms with E-state index in [1.807, 2.05) is 6.08 Å². The van der Waals surface area contributed by atoms with E-state index in [-0.39, 0.29) is 0 Å². The summed E-state index contributed by atoms with van der Waals surface area (Å²) in [6.07, 6.45) is 8.28. The second-order valence-corrected chi connectivity index (χ2v) is 3.36. The second kappa shape index (κ2) is 7.15. The van der Waals surface area contributed by atoms with Crippen molar-refractivity contribution in [1.29, 1.82) is 0 Å². The number of rotatable bonds is 6. The van der Waals surface area contributed by atoms with Gasteiger partial charge in [-0.15, -0.1) is 0 Å². The van der Waals surface area contributed by atoms with Gasteiger partial charge in [0.05, 0.1) is 0 Å². The molecule has 0 aliphatic rings. The standard InChI is InChI=1S/C12H22/c1-5-8-10-12(7-3)11(4)9-6-2/h7H,3,5-6,8-10H2,1-2,4H3/b12-11+. The van der Waals surface area contributed by atoms with Crippen LogP contribution in [0, 0.1) is 0 Å². The maximum Gasteiger partial charge on any atom is -0.0280 e. The molecule has 0 atom stereocenters. The summed E-state index contributed by atoms with van der Waals surface area (Å²) in [5.74, 6) is 0. The zero-order valence-corrected chi connectivity index (χ0v) is 8.82. The molecule has 70 valence electrons. The lowest BCUT2D eigenvalue weighted by molar-refractivity contribution is 0.780. The molecular formula is C12H22. The lowest BCUT2D eigenvalue weighted by Gasteiger charge is -2.06. The van der Waals surface area contributed by atoms with Crippen LogP contribution in [0.3, 0.4) is 0 Å². The molecule has 0 heterocycles. The average Bonchev–Trinajstić information content (AvgIpc) is 2.06. The molecule has 0 unspecified atom stereocenters. The Kier molecular flexibility index (Phi) is 6.84. The first kappa shape index (κ1) is 11.5. The zero-order chi connectivity index (χ0) is 9.40. The molecule has 0 saturated carbocycles. The minimum Gasteiger partial charge on any atom is -0.0988 e. The summed E-state index contributed by atoms with van der Waals surface area (Å²) in [5.41, 5.74) is 3.00. The molecule has 0 N–H and O–H groups in total. The summed E-state index contributed by atoms with van der Waals surface area (Å²) in [5, 5.41) is 0. The highest BCUT2D eigenvalue weighted by Gasteiger charge is 1.96. The maximum atomic E-state index is 3.86. The predicted molar refractivity (Wildman–Crippen MR) is 57.3 cm³/mol. The molecular weight excluding hydrogens is 144 g/mol. The minimum absolute atomic E-state index is 1.21. The van der Waals surface area contributed by atoms with Gasteiger partial charge in [0.2, 0.25) is 0 Å². The van der Waals surface area contributed by atoms with Gasteiger partial charge in [0.15, 0.2) is 0 Å². The number of hydrogen-bond acceptors (Lipinski definition) is 0. The van der Waals surface area contributed by atoms with Crippen LogP contribution in [0.2, 0.25) is 0 Å². The SMILES string of the molecule is C=C/C(CCCC)=C(/C)CCC. The largest absolute Gasteiger partial charge is 0.0988 e. The van der Waals surface area contributed by atoms with Crippen LogP contribution in [0.4, 0.5) is 0 Å². The maximum absolute atomic E-state index is 3.86. The van der Waals surface area contributed by atoms with E-state index < -0.39 is 0 Å². The Hall–Kier alpha value is -0.520. The summed E-state index contributed by atoms with van der Waals surface area (Å²) >= 11 is 0. The van der Waals surface area contributed by atoms with Gasteiger partial charge in [0.1, 0.15) is 0 Å². The molecule has 0 radical (unpaired) electrons. The van der Waals surface area contributed by atoms with Gasteiger partial charge in [-0.3, -0.25) is 0 Å². The Morgan fingerprint density at radius 2 is 1.83 bits per heavy atom. The van der Waals surface area contributed by atoms with Crippen molar-refractivity contribution in [3.63, 3.8) is 0 Å². The first-order valence-corrected chi connectivity index (χ1v) is 5.07. The fraction of sp³-hybridized carbons (Fsp3) is 0.667. The van der Waals surface area contributed by atoms with Crippen molar-refractivity contribution in [1.82, 2.24) is 0 Å². The van der Waals surface area contributed by atoms with Crippen molar-refractivity contribution >= 4 is 0 Å². The van der Waals surface area contributed by atoms with Crippen molar-refractivity contribution < 1.29 is 0 Å². The molecule has 0 heteroatoms. The molecule has 0 aromatic heterocycles. The first-order chi connectivity index (χ1) is 5.76. The van der Waals surface area contributed by atoms with Crippen molar-refractivity contribution in [3.05, 3.63) is 23.8 Å². The number of allylic oxidation sites excluding steroid dienone is 3. The van der Waals surface area contributed by atoms with Gasteiger partial charge in [-0.1, -0.05) is 44.9 Å². The van der Waals surface area contributed by atoms with Crippen LogP contribution in [0.1, 0.15) is 52.9 Å². The van der Waals surface area contributed by atoms with Crippen LogP contribution in [0.5, 0.6) is 0 Å². The Labute approximate surface area is 77.4 Å². The summed E-state index contributed by atoms with van der Waals surface area (Å²) in [7, 11) is 0. The minimum atomic E-state index is 1.21. The zero-order valence-electron chi connectivity index (χ0n) is 8.82. The third-order valence-corrected chi connectivity index (χ3v) is 2.22. The molecule has 0 fully saturated rings. The second-order valence-electron chi connectivity index (χ2n) is 3.36. The highest BCUT2D eigenvalue weighted by molar-refractivity contribution is 5.22. The van der Waals surface area contributed by atoms with Crippen LogP contribution in [0.15, 0.2) is 23.8 Å². The van der Waals surface area contributed by atoms with E-state index in [2.05, 4.69) is 27.4 Å². The lowest BCUT2D eigenvalue weighted by Crippen LogP contribution is -1.86. The van der Waals surface area contributed by atoms with Crippen LogP contribution in [0.25, 0.3) is 0 Å². The molecule has 0 bridgehead atoms. The molecule has 0 amide bonds. The van der Waals surface area contributed by atoms with Gasteiger partial charge >= 0.3 is 0 Å². The van der Waals surface area contributed by atoms with Gasteiger partial charge in [-0.25, -0.2) is 0 Å². The van der Waals surface area contributed by atoms with Crippen molar-refractivity contribution in [2.24, 2.45) is 0 Å². The molecule has 0 aromatic rings. The Morgan fingerprint density at radius 3 is 2.25 bits per heavy atom. The summed E-state index contributed by atoms with van der Waals surface area (Å²) in [6, 6.07) is 0. The summed E-state index contributed by atoms with van der Waals surface area (Å²) in [4.78, 5) is 0. The summed E-state index contributed by atoms with van der Waals surface area (Å²) < 4.78 is 0. The van der Waals surface area contributed by atoms with E-state index in [4.69, 9.17) is 0 Å². The lowest BCUT2D eigenvalue weighted by atomic mass is 10.0. The third kappa shape index (κ3) is 4.38. The molecule has 12 heavy (non-hydrogen) atoms. The Bertz CT molecular complexity index is 151. The van der Waals surface area contributed by atoms with Crippen LogP contribution < -0.4 is 0 Å². The molecule has 0 spiro atoms. The van der Waals surface area contributed by atoms with Gasteiger partial charge in [0.25, 0.3) is 0 Å². The Balaban J connectivity index is 4.08. The van der Waals surface area contributed by atoms with E-state index in [0.717, 1.165) is 0 Å². The molecule has 0 aliphatic heterocycles. The molecule has 0 saturated heterocycles. The summed E-state index contributed by atoms with van der Waals surface area (Å²) in [6.45, 7) is 10.5. The first-order valence-electron chi connectivity index (χ1n) is 5.07. The van der Waals surface area contributed by atoms with E-state index in [9.17, 15) is 0 Å².